The monoisotopic (exact) mass is 319 g/mol. The van der Waals surface area contributed by atoms with Gasteiger partial charge in [-0.3, -0.25) is 0 Å². The third-order valence-electron chi connectivity index (χ3n) is 2.98. The highest BCUT2D eigenvalue weighted by atomic mass is 35.5. The maximum atomic E-state index is 6.17. The van der Waals surface area contributed by atoms with E-state index in [2.05, 4.69) is 20.8 Å². The zero-order valence-electron chi connectivity index (χ0n) is 10.9. The average Bonchev–Trinajstić information content (AvgIpc) is 3.01. The van der Waals surface area contributed by atoms with E-state index in [9.17, 15) is 0 Å². The number of para-hydroxylation sites is 2. The molecule has 1 heterocycles. The minimum absolute atomic E-state index is 0.579. The Labute approximate surface area is 131 Å². The summed E-state index contributed by atoms with van der Waals surface area (Å²) in [5.74, 6) is 0. The van der Waals surface area contributed by atoms with Crippen LogP contribution in [-0.2, 0) is 6.54 Å². The van der Waals surface area contributed by atoms with Gasteiger partial charge in [-0.15, -0.1) is 5.10 Å². The van der Waals surface area contributed by atoms with Gasteiger partial charge in [-0.05, 0) is 40.3 Å². The first-order valence-electron chi connectivity index (χ1n) is 6.24. The van der Waals surface area contributed by atoms with Gasteiger partial charge in [-0.1, -0.05) is 41.4 Å². The van der Waals surface area contributed by atoms with Crippen molar-refractivity contribution in [2.45, 2.75) is 6.54 Å². The summed E-state index contributed by atoms with van der Waals surface area (Å²) in [7, 11) is 0. The summed E-state index contributed by atoms with van der Waals surface area (Å²) in [6, 6.07) is 13.2. The van der Waals surface area contributed by atoms with E-state index in [0.29, 0.717) is 16.6 Å². The number of halogens is 2. The van der Waals surface area contributed by atoms with Crippen molar-refractivity contribution in [2.24, 2.45) is 0 Å². The number of hydrogen-bond donors (Lipinski definition) is 1. The molecule has 106 valence electrons. The summed E-state index contributed by atoms with van der Waals surface area (Å²) in [5.41, 5.74) is 2.75. The van der Waals surface area contributed by atoms with Crippen LogP contribution in [0.5, 0.6) is 0 Å². The Kier molecular flexibility index (Phi) is 4.03. The predicted octanol–water partition coefficient (Wildman–Crippen LogP) is 3.58. The standard InChI is InChI=1S/C14H11Cl2N5/c15-11-6-5-10(12(16)7-11)8-17-13-3-1-2-4-14(13)21-9-18-19-20-21/h1-7,9,17H,8H2. The molecule has 0 spiro atoms. The maximum Gasteiger partial charge on any atom is 0.143 e. The lowest BCUT2D eigenvalue weighted by molar-refractivity contribution is 0.789. The molecule has 5 nitrogen and oxygen atoms in total. The molecular formula is C14H11Cl2N5. The molecule has 0 atom stereocenters. The Morgan fingerprint density at radius 1 is 1.10 bits per heavy atom. The van der Waals surface area contributed by atoms with Gasteiger partial charge in [0.2, 0.25) is 0 Å². The number of rotatable bonds is 4. The summed E-state index contributed by atoms with van der Waals surface area (Å²) < 4.78 is 1.60. The van der Waals surface area contributed by atoms with Crippen molar-refractivity contribution in [3.63, 3.8) is 0 Å². The van der Waals surface area contributed by atoms with Crippen LogP contribution >= 0.6 is 23.2 Å². The van der Waals surface area contributed by atoms with Gasteiger partial charge in [0.05, 0.1) is 11.4 Å². The fraction of sp³-hybridized carbons (Fsp3) is 0.0714. The maximum absolute atomic E-state index is 6.17. The lowest BCUT2D eigenvalue weighted by atomic mass is 10.2. The van der Waals surface area contributed by atoms with Crippen molar-refractivity contribution in [1.82, 2.24) is 20.2 Å². The van der Waals surface area contributed by atoms with E-state index in [-0.39, 0.29) is 0 Å². The van der Waals surface area contributed by atoms with Gasteiger partial charge in [0.15, 0.2) is 0 Å². The van der Waals surface area contributed by atoms with E-state index in [1.165, 1.54) is 0 Å². The van der Waals surface area contributed by atoms with Gasteiger partial charge in [0.25, 0.3) is 0 Å². The molecule has 2 aromatic carbocycles. The van der Waals surface area contributed by atoms with Crippen LogP contribution in [0.1, 0.15) is 5.56 Å². The van der Waals surface area contributed by atoms with Crippen molar-refractivity contribution in [3.05, 3.63) is 64.4 Å². The van der Waals surface area contributed by atoms with Crippen molar-refractivity contribution in [2.75, 3.05) is 5.32 Å². The number of benzene rings is 2. The number of nitrogens with one attached hydrogen (secondary N) is 1. The molecule has 0 amide bonds. The molecule has 0 fully saturated rings. The fourth-order valence-electron chi connectivity index (χ4n) is 1.95. The molecule has 0 unspecified atom stereocenters. The quantitative estimate of drug-likeness (QED) is 0.798. The Morgan fingerprint density at radius 3 is 2.71 bits per heavy atom. The summed E-state index contributed by atoms with van der Waals surface area (Å²) in [6.07, 6.45) is 1.55. The molecule has 3 aromatic rings. The first-order chi connectivity index (χ1) is 10.2. The van der Waals surface area contributed by atoms with Crippen LogP contribution in [0.4, 0.5) is 5.69 Å². The molecule has 1 N–H and O–H groups in total. The highest BCUT2D eigenvalue weighted by Gasteiger charge is 2.06. The van der Waals surface area contributed by atoms with Crippen LogP contribution in [0.25, 0.3) is 5.69 Å². The minimum atomic E-state index is 0.579. The van der Waals surface area contributed by atoms with Crippen LogP contribution in [0.3, 0.4) is 0 Å². The normalized spacial score (nSPS) is 10.6. The van der Waals surface area contributed by atoms with Crippen LogP contribution < -0.4 is 5.32 Å². The van der Waals surface area contributed by atoms with Crippen molar-refractivity contribution >= 4 is 28.9 Å². The lowest BCUT2D eigenvalue weighted by Crippen LogP contribution is -2.05. The van der Waals surface area contributed by atoms with E-state index in [1.807, 2.05) is 36.4 Å². The highest BCUT2D eigenvalue weighted by molar-refractivity contribution is 6.35. The van der Waals surface area contributed by atoms with E-state index >= 15 is 0 Å². The molecule has 0 radical (unpaired) electrons. The summed E-state index contributed by atoms with van der Waals surface area (Å²) in [4.78, 5) is 0. The molecule has 3 rings (SSSR count). The van der Waals surface area contributed by atoms with Crippen LogP contribution in [0.2, 0.25) is 10.0 Å². The molecule has 0 aliphatic heterocycles. The number of aromatic nitrogens is 4. The number of anilines is 1. The molecule has 0 bridgehead atoms. The van der Waals surface area contributed by atoms with Gasteiger partial charge in [0, 0.05) is 16.6 Å². The van der Waals surface area contributed by atoms with Crippen LogP contribution in [0.15, 0.2) is 48.8 Å². The third kappa shape index (κ3) is 3.15. The first kappa shape index (κ1) is 13.9. The van der Waals surface area contributed by atoms with Crippen molar-refractivity contribution < 1.29 is 0 Å². The average molecular weight is 320 g/mol. The van der Waals surface area contributed by atoms with Crippen LogP contribution in [-0.4, -0.2) is 20.2 Å². The molecule has 1 aromatic heterocycles. The number of nitrogens with zero attached hydrogens (tertiary/aromatic N) is 4. The van der Waals surface area contributed by atoms with E-state index < -0.39 is 0 Å². The molecule has 0 aliphatic rings. The van der Waals surface area contributed by atoms with Crippen molar-refractivity contribution in [1.29, 1.82) is 0 Å². The molecule has 7 heteroatoms. The SMILES string of the molecule is Clc1ccc(CNc2ccccc2-n2cnnn2)c(Cl)c1. The first-order valence-corrected chi connectivity index (χ1v) is 7.00. The van der Waals surface area contributed by atoms with E-state index in [4.69, 9.17) is 23.2 Å². The van der Waals surface area contributed by atoms with Gasteiger partial charge in [-0.25, -0.2) is 0 Å². The minimum Gasteiger partial charge on any atom is -0.379 e. The van der Waals surface area contributed by atoms with Gasteiger partial charge in [-0.2, -0.15) is 4.68 Å². The van der Waals surface area contributed by atoms with Gasteiger partial charge in [0.1, 0.15) is 6.33 Å². The Bertz CT molecular complexity index is 743. The van der Waals surface area contributed by atoms with E-state index in [1.54, 1.807) is 17.1 Å². The van der Waals surface area contributed by atoms with Crippen LogP contribution in [0, 0.1) is 0 Å². The lowest BCUT2D eigenvalue weighted by Gasteiger charge is -2.12. The predicted molar refractivity (Wildman–Crippen MR) is 82.9 cm³/mol. The fourth-order valence-corrected chi connectivity index (χ4v) is 2.43. The summed E-state index contributed by atoms with van der Waals surface area (Å²) >= 11 is 12.1. The summed E-state index contributed by atoms with van der Waals surface area (Å²) in [6.45, 7) is 0.579. The third-order valence-corrected chi connectivity index (χ3v) is 3.57. The molecule has 0 saturated carbocycles. The molecule has 0 aliphatic carbocycles. The van der Waals surface area contributed by atoms with Crippen molar-refractivity contribution in [3.8, 4) is 5.69 Å². The second kappa shape index (κ2) is 6.11. The van der Waals surface area contributed by atoms with Gasteiger partial charge < -0.3 is 5.32 Å². The second-order valence-electron chi connectivity index (χ2n) is 4.36. The largest absolute Gasteiger partial charge is 0.379 e. The Balaban J connectivity index is 1.83. The smallest absolute Gasteiger partial charge is 0.143 e. The van der Waals surface area contributed by atoms with Gasteiger partial charge >= 0.3 is 0 Å². The molecule has 21 heavy (non-hydrogen) atoms. The second-order valence-corrected chi connectivity index (χ2v) is 5.20. The number of hydrogen-bond acceptors (Lipinski definition) is 4. The number of tetrazole rings is 1. The highest BCUT2D eigenvalue weighted by Crippen LogP contribution is 2.24. The molecular weight excluding hydrogens is 309 g/mol. The zero-order chi connectivity index (χ0) is 14.7. The summed E-state index contributed by atoms with van der Waals surface area (Å²) in [5, 5.41) is 15.8. The zero-order valence-corrected chi connectivity index (χ0v) is 12.4. The topological polar surface area (TPSA) is 55.6 Å². The Hall–Kier alpha value is -2.11. The Morgan fingerprint density at radius 2 is 1.95 bits per heavy atom. The van der Waals surface area contributed by atoms with E-state index in [0.717, 1.165) is 16.9 Å². The molecule has 0 saturated heterocycles.